The van der Waals surface area contributed by atoms with Gasteiger partial charge < -0.3 is 0 Å². The van der Waals surface area contributed by atoms with E-state index in [0.29, 0.717) is 10.8 Å². The van der Waals surface area contributed by atoms with Gasteiger partial charge in [-0.3, -0.25) is 0 Å². The smallest absolute Gasteiger partial charge is 0.153 e. The normalized spacial score (nSPS) is 13.1. The predicted molar refractivity (Wildman–Crippen MR) is 72.1 cm³/mol. The molecule has 0 fully saturated rings. The van der Waals surface area contributed by atoms with E-state index in [2.05, 4.69) is 38.4 Å². The Morgan fingerprint density at radius 2 is 1.94 bits per heavy atom. The zero-order chi connectivity index (χ0) is 12.6. The lowest BCUT2D eigenvalue weighted by molar-refractivity contribution is 0.566. The van der Waals surface area contributed by atoms with E-state index in [9.17, 15) is 8.42 Å². The molecule has 0 aliphatic carbocycles. The van der Waals surface area contributed by atoms with Gasteiger partial charge in [-0.2, -0.15) is 12.6 Å². The fourth-order valence-corrected chi connectivity index (χ4v) is 4.05. The van der Waals surface area contributed by atoms with Crippen molar-refractivity contribution in [2.75, 3.05) is 6.26 Å². The van der Waals surface area contributed by atoms with Crippen LogP contribution in [-0.4, -0.2) is 19.7 Å². The van der Waals surface area contributed by atoms with E-state index in [0.717, 1.165) is 10.6 Å². The summed E-state index contributed by atoms with van der Waals surface area (Å²) in [7, 11) is -3.01. The van der Waals surface area contributed by atoms with E-state index in [4.69, 9.17) is 0 Å². The van der Waals surface area contributed by atoms with Crippen LogP contribution in [0, 0.1) is 0 Å². The van der Waals surface area contributed by atoms with Crippen molar-refractivity contribution in [1.29, 1.82) is 0 Å². The molecule has 1 aromatic rings. The van der Waals surface area contributed by atoms with Gasteiger partial charge in [-0.25, -0.2) is 13.4 Å². The van der Waals surface area contributed by atoms with Crippen LogP contribution in [-0.2, 0) is 26.8 Å². The fraction of sp³-hybridized carbons (Fsp3) is 0.700. The molecule has 0 saturated heterocycles. The molecule has 16 heavy (non-hydrogen) atoms. The minimum Gasteiger partial charge on any atom is -0.244 e. The van der Waals surface area contributed by atoms with E-state index in [1.54, 1.807) is 0 Å². The number of hydrogen-bond donors (Lipinski definition) is 1. The number of nitrogens with zero attached hydrogens (tertiary/aromatic N) is 1. The highest BCUT2D eigenvalue weighted by Gasteiger charge is 2.23. The number of sulfone groups is 1. The summed E-state index contributed by atoms with van der Waals surface area (Å²) in [6, 6.07) is 0. The molecule has 0 saturated carbocycles. The molecule has 92 valence electrons. The Kier molecular flexibility index (Phi) is 4.08. The van der Waals surface area contributed by atoms with Crippen molar-refractivity contribution in [3.8, 4) is 0 Å². The van der Waals surface area contributed by atoms with E-state index < -0.39 is 9.84 Å². The van der Waals surface area contributed by atoms with Gasteiger partial charge in [0.25, 0.3) is 0 Å². The van der Waals surface area contributed by atoms with Crippen LogP contribution in [0.15, 0.2) is 0 Å². The van der Waals surface area contributed by atoms with Crippen molar-refractivity contribution < 1.29 is 8.42 Å². The molecule has 0 bridgehead atoms. The van der Waals surface area contributed by atoms with E-state index >= 15 is 0 Å². The van der Waals surface area contributed by atoms with Crippen LogP contribution < -0.4 is 0 Å². The highest BCUT2D eigenvalue weighted by molar-refractivity contribution is 7.90. The minimum atomic E-state index is -3.01. The van der Waals surface area contributed by atoms with Crippen LogP contribution >= 0.6 is 24.0 Å². The SMILES string of the molecule is CC(C)(C)c1nc(CS(C)(=O)=O)sc1CS. The lowest BCUT2D eigenvalue weighted by Gasteiger charge is -2.16. The summed E-state index contributed by atoms with van der Waals surface area (Å²) in [6.07, 6.45) is 1.23. The molecule has 0 aliphatic rings. The zero-order valence-electron chi connectivity index (χ0n) is 9.94. The number of thiol groups is 1. The number of thiazole rings is 1. The predicted octanol–water partition coefficient (Wildman–Crippen LogP) is 2.42. The van der Waals surface area contributed by atoms with Crippen LogP contribution in [0.5, 0.6) is 0 Å². The lowest BCUT2D eigenvalue weighted by atomic mass is 9.91. The van der Waals surface area contributed by atoms with Crippen molar-refractivity contribution >= 4 is 33.8 Å². The molecule has 0 radical (unpaired) electrons. The Balaban J connectivity index is 3.14. The highest BCUT2D eigenvalue weighted by atomic mass is 32.2. The fourth-order valence-electron chi connectivity index (χ4n) is 1.38. The average molecular weight is 279 g/mol. The average Bonchev–Trinajstić information content (AvgIpc) is 2.43. The first-order valence-corrected chi connectivity index (χ1v) is 8.42. The summed E-state index contributed by atoms with van der Waals surface area (Å²) >= 11 is 5.70. The molecule has 0 aromatic carbocycles. The van der Waals surface area contributed by atoms with E-state index in [1.807, 2.05) is 0 Å². The maximum Gasteiger partial charge on any atom is 0.153 e. The standard InChI is InChI=1S/C10H17NO2S3/c1-10(2,3)9-7(5-14)15-8(11-9)6-16(4,12)13/h14H,5-6H2,1-4H3. The zero-order valence-corrected chi connectivity index (χ0v) is 12.5. The molecule has 1 rings (SSSR count). The topological polar surface area (TPSA) is 47.0 Å². The monoisotopic (exact) mass is 279 g/mol. The van der Waals surface area contributed by atoms with Gasteiger partial charge in [0.2, 0.25) is 0 Å². The second-order valence-corrected chi connectivity index (χ2v) is 8.48. The molecular weight excluding hydrogens is 262 g/mol. The molecule has 0 atom stereocenters. The summed E-state index contributed by atoms with van der Waals surface area (Å²) in [5.74, 6) is 0.628. The number of rotatable bonds is 3. The molecule has 0 spiro atoms. The number of hydrogen-bond acceptors (Lipinski definition) is 5. The maximum absolute atomic E-state index is 11.2. The Morgan fingerprint density at radius 1 is 1.38 bits per heavy atom. The summed E-state index contributed by atoms with van der Waals surface area (Å²) in [6.45, 7) is 6.21. The third-order valence-electron chi connectivity index (χ3n) is 1.98. The molecule has 3 nitrogen and oxygen atoms in total. The van der Waals surface area contributed by atoms with Crippen molar-refractivity contribution in [1.82, 2.24) is 4.98 Å². The van der Waals surface area contributed by atoms with Crippen LogP contribution in [0.2, 0.25) is 0 Å². The first kappa shape index (κ1) is 14.0. The van der Waals surface area contributed by atoms with Gasteiger partial charge in [0.1, 0.15) is 10.8 Å². The largest absolute Gasteiger partial charge is 0.244 e. The Bertz CT molecular complexity index is 469. The van der Waals surface area contributed by atoms with Crippen LogP contribution in [0.1, 0.15) is 36.3 Å². The molecule has 1 heterocycles. The van der Waals surface area contributed by atoms with Gasteiger partial charge in [0, 0.05) is 22.3 Å². The number of aromatic nitrogens is 1. The van der Waals surface area contributed by atoms with Gasteiger partial charge in [-0.1, -0.05) is 20.8 Å². The van der Waals surface area contributed by atoms with Gasteiger partial charge >= 0.3 is 0 Å². The van der Waals surface area contributed by atoms with E-state index in [1.165, 1.54) is 17.6 Å². The lowest BCUT2D eigenvalue weighted by Crippen LogP contribution is -2.14. The van der Waals surface area contributed by atoms with Crippen LogP contribution in [0.3, 0.4) is 0 Å². The van der Waals surface area contributed by atoms with Crippen LogP contribution in [0.4, 0.5) is 0 Å². The second kappa shape index (κ2) is 4.66. The van der Waals surface area contributed by atoms with Crippen molar-refractivity contribution in [2.24, 2.45) is 0 Å². The summed E-state index contributed by atoms with van der Waals surface area (Å²) < 4.78 is 22.4. The third kappa shape index (κ3) is 3.75. The van der Waals surface area contributed by atoms with Gasteiger partial charge in [0.05, 0.1) is 5.69 Å². The van der Waals surface area contributed by atoms with Gasteiger partial charge in [0.15, 0.2) is 9.84 Å². The van der Waals surface area contributed by atoms with Gasteiger partial charge in [-0.15, -0.1) is 11.3 Å². The Hall–Kier alpha value is -0.0700. The molecule has 1 aromatic heterocycles. The first-order valence-electron chi connectivity index (χ1n) is 4.91. The maximum atomic E-state index is 11.2. The quantitative estimate of drug-likeness (QED) is 0.864. The molecule has 0 N–H and O–H groups in total. The summed E-state index contributed by atoms with van der Waals surface area (Å²) in [5.41, 5.74) is 0.899. The molecule has 6 heteroatoms. The van der Waals surface area contributed by atoms with Crippen molar-refractivity contribution in [2.45, 2.75) is 37.7 Å². The van der Waals surface area contributed by atoms with E-state index in [-0.39, 0.29) is 11.2 Å². The Morgan fingerprint density at radius 3 is 2.25 bits per heavy atom. The molecule has 0 amide bonds. The third-order valence-corrected chi connectivity index (χ3v) is 4.55. The molecular formula is C10H17NO2S3. The summed E-state index contributed by atoms with van der Waals surface area (Å²) in [4.78, 5) is 5.49. The molecule has 0 aliphatic heterocycles. The highest BCUT2D eigenvalue weighted by Crippen LogP contribution is 2.31. The summed E-state index contributed by atoms with van der Waals surface area (Å²) in [5, 5.41) is 0.663. The van der Waals surface area contributed by atoms with Gasteiger partial charge in [-0.05, 0) is 0 Å². The minimum absolute atomic E-state index is 0.0223. The second-order valence-electron chi connectivity index (χ2n) is 4.86. The first-order chi connectivity index (χ1) is 7.13. The Labute approximate surface area is 107 Å². The van der Waals surface area contributed by atoms with Crippen molar-refractivity contribution in [3.63, 3.8) is 0 Å². The molecule has 0 unspecified atom stereocenters. The van der Waals surface area contributed by atoms with Crippen LogP contribution in [0.25, 0.3) is 0 Å². The van der Waals surface area contributed by atoms with Crippen molar-refractivity contribution in [3.05, 3.63) is 15.6 Å².